The summed E-state index contributed by atoms with van der Waals surface area (Å²) < 4.78 is 17.5. The summed E-state index contributed by atoms with van der Waals surface area (Å²) in [6, 6.07) is 19.9. The molecular weight excluding hydrogens is 505 g/mol. The molecule has 0 saturated carbocycles. The molecule has 2 aromatic carbocycles. The third-order valence-electron chi connectivity index (χ3n) is 5.88. The quantitative estimate of drug-likeness (QED) is 0.276. The standard InChI is InChI=1S/C26H21Cl2N3O3S/c1-32-15-9-10-21(33-2)19(14-15)31-25(24(30-26(31)35)18-8-3-4-13-29-18)22-12-11-20(34-22)16-6-5-7-17(27)23(16)28/h3-14,24-25H,1-2H3,(H,30,35)/t24-,25+/m1/s1. The lowest BCUT2D eigenvalue weighted by Gasteiger charge is -2.27. The molecule has 0 spiro atoms. The summed E-state index contributed by atoms with van der Waals surface area (Å²) in [5.74, 6) is 2.59. The smallest absolute Gasteiger partial charge is 0.174 e. The first-order chi connectivity index (χ1) is 17.0. The molecule has 0 unspecified atom stereocenters. The number of nitrogens with zero attached hydrogens (tertiary/aromatic N) is 2. The summed E-state index contributed by atoms with van der Waals surface area (Å²) in [6.45, 7) is 0. The van der Waals surface area contributed by atoms with Crippen LogP contribution in [0, 0.1) is 0 Å². The van der Waals surface area contributed by atoms with E-state index in [-0.39, 0.29) is 12.1 Å². The number of benzene rings is 2. The van der Waals surface area contributed by atoms with E-state index in [1.807, 2.05) is 65.6 Å². The Morgan fingerprint density at radius 2 is 1.86 bits per heavy atom. The van der Waals surface area contributed by atoms with E-state index in [1.165, 1.54) is 0 Å². The highest BCUT2D eigenvalue weighted by atomic mass is 35.5. The van der Waals surface area contributed by atoms with Crippen LogP contribution in [0.25, 0.3) is 11.3 Å². The molecule has 6 nitrogen and oxygen atoms in total. The Bertz CT molecular complexity index is 1380. The van der Waals surface area contributed by atoms with Gasteiger partial charge in [-0.05, 0) is 60.7 Å². The number of methoxy groups -OCH3 is 2. The Morgan fingerprint density at radius 1 is 1.00 bits per heavy atom. The van der Waals surface area contributed by atoms with Crippen LogP contribution >= 0.6 is 35.4 Å². The maximum Gasteiger partial charge on any atom is 0.174 e. The second-order valence-corrected chi connectivity index (χ2v) is 9.01. The summed E-state index contributed by atoms with van der Waals surface area (Å²) in [5.41, 5.74) is 2.27. The molecule has 0 amide bonds. The maximum atomic E-state index is 6.47. The Labute approximate surface area is 218 Å². The Kier molecular flexibility index (Phi) is 6.56. The zero-order valence-electron chi connectivity index (χ0n) is 18.9. The number of rotatable bonds is 6. The first kappa shape index (κ1) is 23.5. The van der Waals surface area contributed by atoms with Gasteiger partial charge in [-0.25, -0.2) is 0 Å². The lowest BCUT2D eigenvalue weighted by Crippen LogP contribution is -2.29. The number of pyridine rings is 1. The van der Waals surface area contributed by atoms with Crippen LogP contribution in [0.1, 0.15) is 23.5 Å². The lowest BCUT2D eigenvalue weighted by molar-refractivity contribution is 0.400. The van der Waals surface area contributed by atoms with Gasteiger partial charge >= 0.3 is 0 Å². The zero-order valence-corrected chi connectivity index (χ0v) is 21.2. The van der Waals surface area contributed by atoms with Crippen LogP contribution in [0.15, 0.2) is 77.3 Å². The molecule has 2 aromatic heterocycles. The topological polar surface area (TPSA) is 59.8 Å². The summed E-state index contributed by atoms with van der Waals surface area (Å²) >= 11 is 18.5. The molecule has 1 saturated heterocycles. The van der Waals surface area contributed by atoms with Gasteiger partial charge in [0.2, 0.25) is 0 Å². The molecule has 178 valence electrons. The normalized spacial score (nSPS) is 17.4. The van der Waals surface area contributed by atoms with Crippen LogP contribution in [0.4, 0.5) is 5.69 Å². The van der Waals surface area contributed by atoms with Crippen LogP contribution in [0.2, 0.25) is 10.0 Å². The maximum absolute atomic E-state index is 6.47. The number of hydrogen-bond acceptors (Lipinski definition) is 5. The minimum absolute atomic E-state index is 0.284. The van der Waals surface area contributed by atoms with Gasteiger partial charge in [-0.15, -0.1) is 0 Å². The summed E-state index contributed by atoms with van der Waals surface area (Å²) in [5, 5.41) is 4.82. The van der Waals surface area contributed by atoms with Gasteiger partial charge in [0.15, 0.2) is 5.11 Å². The van der Waals surface area contributed by atoms with Crippen molar-refractivity contribution in [2.45, 2.75) is 12.1 Å². The van der Waals surface area contributed by atoms with Gasteiger partial charge in [0.1, 0.15) is 29.1 Å². The molecule has 4 aromatic rings. The van der Waals surface area contributed by atoms with Crippen molar-refractivity contribution in [2.75, 3.05) is 19.1 Å². The molecule has 0 radical (unpaired) electrons. The molecule has 1 fully saturated rings. The summed E-state index contributed by atoms with van der Waals surface area (Å²) in [6.07, 6.45) is 1.76. The number of anilines is 1. The second kappa shape index (κ2) is 9.77. The SMILES string of the molecule is COc1ccc(OC)c(N2C(=S)N[C@H](c3ccccn3)[C@@H]2c2ccc(-c3cccc(Cl)c3Cl)o2)c1. The molecule has 35 heavy (non-hydrogen) atoms. The number of aromatic nitrogens is 1. The predicted molar refractivity (Wildman–Crippen MR) is 142 cm³/mol. The molecule has 9 heteroatoms. The molecule has 1 N–H and O–H groups in total. The number of furan rings is 1. The van der Waals surface area contributed by atoms with Gasteiger partial charge in [0.25, 0.3) is 0 Å². The van der Waals surface area contributed by atoms with E-state index in [9.17, 15) is 0 Å². The third-order valence-corrected chi connectivity index (χ3v) is 7.01. The largest absolute Gasteiger partial charge is 0.497 e. The van der Waals surface area contributed by atoms with Gasteiger partial charge in [-0.1, -0.05) is 35.3 Å². The van der Waals surface area contributed by atoms with Crippen molar-refractivity contribution in [1.82, 2.24) is 10.3 Å². The zero-order chi connectivity index (χ0) is 24.5. The molecular formula is C26H21Cl2N3O3S. The molecule has 0 bridgehead atoms. The van der Waals surface area contributed by atoms with Crippen molar-refractivity contribution in [2.24, 2.45) is 0 Å². The Morgan fingerprint density at radius 3 is 2.60 bits per heavy atom. The summed E-state index contributed by atoms with van der Waals surface area (Å²) in [4.78, 5) is 6.55. The monoisotopic (exact) mass is 525 g/mol. The molecule has 3 heterocycles. The van der Waals surface area contributed by atoms with Crippen molar-refractivity contribution in [3.8, 4) is 22.8 Å². The average Bonchev–Trinajstić information content (AvgIpc) is 3.50. The van der Waals surface area contributed by atoms with Gasteiger partial charge in [0.05, 0.1) is 41.7 Å². The number of ether oxygens (including phenoxy) is 2. The van der Waals surface area contributed by atoms with E-state index in [4.69, 9.17) is 49.3 Å². The number of thiocarbonyl (C=S) groups is 1. The second-order valence-electron chi connectivity index (χ2n) is 7.84. The van der Waals surface area contributed by atoms with Crippen molar-refractivity contribution in [1.29, 1.82) is 0 Å². The van der Waals surface area contributed by atoms with Crippen molar-refractivity contribution >= 4 is 46.2 Å². The highest BCUT2D eigenvalue weighted by Crippen LogP contribution is 2.47. The molecule has 0 aliphatic carbocycles. The van der Waals surface area contributed by atoms with Gasteiger partial charge in [0, 0.05) is 17.8 Å². The Hall–Kier alpha value is -3.26. The number of hydrogen-bond donors (Lipinski definition) is 1. The van der Waals surface area contributed by atoms with Gasteiger partial charge in [-0.2, -0.15) is 0 Å². The molecule has 1 aliphatic heterocycles. The van der Waals surface area contributed by atoms with Crippen LogP contribution in [-0.2, 0) is 0 Å². The minimum Gasteiger partial charge on any atom is -0.497 e. The van der Waals surface area contributed by atoms with Crippen LogP contribution in [0.3, 0.4) is 0 Å². The van der Waals surface area contributed by atoms with Crippen molar-refractivity contribution < 1.29 is 13.9 Å². The predicted octanol–water partition coefficient (Wildman–Crippen LogP) is 6.84. The van der Waals surface area contributed by atoms with Crippen molar-refractivity contribution in [3.63, 3.8) is 0 Å². The van der Waals surface area contributed by atoms with Crippen LogP contribution in [0.5, 0.6) is 11.5 Å². The molecule has 1 aliphatic rings. The van der Waals surface area contributed by atoms with Crippen LogP contribution in [-0.4, -0.2) is 24.3 Å². The molecule has 2 atom stereocenters. The average molecular weight is 526 g/mol. The Balaban J connectivity index is 1.65. The van der Waals surface area contributed by atoms with E-state index in [2.05, 4.69) is 10.3 Å². The van der Waals surface area contributed by atoms with E-state index in [0.717, 1.165) is 11.4 Å². The third kappa shape index (κ3) is 4.31. The number of halogens is 2. The fraction of sp³-hybridized carbons (Fsp3) is 0.154. The minimum atomic E-state index is -0.370. The van der Waals surface area contributed by atoms with Crippen molar-refractivity contribution in [3.05, 3.63) is 94.4 Å². The van der Waals surface area contributed by atoms with Gasteiger partial charge < -0.3 is 24.1 Å². The molecule has 5 rings (SSSR count). The van der Waals surface area contributed by atoms with Crippen LogP contribution < -0.4 is 19.7 Å². The number of nitrogens with one attached hydrogen (secondary N) is 1. The highest BCUT2D eigenvalue weighted by molar-refractivity contribution is 7.80. The lowest BCUT2D eigenvalue weighted by atomic mass is 10.0. The summed E-state index contributed by atoms with van der Waals surface area (Å²) in [7, 11) is 3.24. The van der Waals surface area contributed by atoms with E-state index >= 15 is 0 Å². The fourth-order valence-electron chi connectivity index (χ4n) is 4.24. The van der Waals surface area contributed by atoms with E-state index in [1.54, 1.807) is 26.5 Å². The van der Waals surface area contributed by atoms with E-state index < -0.39 is 0 Å². The van der Waals surface area contributed by atoms with E-state index in [0.29, 0.717) is 43.7 Å². The highest BCUT2D eigenvalue weighted by Gasteiger charge is 2.43. The first-order valence-electron chi connectivity index (χ1n) is 10.8. The van der Waals surface area contributed by atoms with Gasteiger partial charge in [-0.3, -0.25) is 4.98 Å². The first-order valence-corrected chi connectivity index (χ1v) is 11.9. The fourth-order valence-corrected chi connectivity index (χ4v) is 4.97.